The Morgan fingerprint density at radius 1 is 1.59 bits per heavy atom. The van der Waals surface area contributed by atoms with Crippen LogP contribution in [0, 0.1) is 11.2 Å². The summed E-state index contributed by atoms with van der Waals surface area (Å²) >= 11 is 5.88. The Morgan fingerprint density at radius 3 is 2.82 bits per heavy atom. The maximum absolute atomic E-state index is 13.2. The van der Waals surface area contributed by atoms with E-state index in [9.17, 15) is 4.39 Å². The Bertz CT molecular complexity index is 409. The van der Waals surface area contributed by atoms with Crippen molar-refractivity contribution >= 4 is 17.4 Å². The Balaban J connectivity index is 2.70. The van der Waals surface area contributed by atoms with E-state index in [4.69, 9.17) is 22.7 Å². The standard InChI is InChI=1S/C12H17ClFN3/c1-8(6-11(15)16)17(2)7-9-4-3-5-10(14)12(9)13/h3-5,8H,6-7H2,1-2H3,(H3,15,16). The highest BCUT2D eigenvalue weighted by atomic mass is 35.5. The fraction of sp³-hybridized carbons (Fsp3) is 0.417. The average molecular weight is 258 g/mol. The summed E-state index contributed by atoms with van der Waals surface area (Å²) in [5.74, 6) is -0.258. The molecule has 0 fully saturated rings. The highest BCUT2D eigenvalue weighted by Crippen LogP contribution is 2.21. The quantitative estimate of drug-likeness (QED) is 0.629. The van der Waals surface area contributed by atoms with E-state index in [1.807, 2.05) is 18.9 Å². The van der Waals surface area contributed by atoms with Gasteiger partial charge in [-0.3, -0.25) is 10.3 Å². The summed E-state index contributed by atoms with van der Waals surface area (Å²) < 4.78 is 13.2. The first kappa shape index (κ1) is 13.9. The van der Waals surface area contributed by atoms with E-state index >= 15 is 0 Å². The predicted molar refractivity (Wildman–Crippen MR) is 68.9 cm³/mol. The molecule has 3 N–H and O–H groups in total. The van der Waals surface area contributed by atoms with E-state index in [2.05, 4.69) is 0 Å². The molecule has 1 atom stereocenters. The van der Waals surface area contributed by atoms with Gasteiger partial charge in [0.25, 0.3) is 0 Å². The zero-order valence-electron chi connectivity index (χ0n) is 10.0. The summed E-state index contributed by atoms with van der Waals surface area (Å²) in [4.78, 5) is 1.99. The van der Waals surface area contributed by atoms with Crippen LogP contribution >= 0.6 is 11.6 Å². The molecule has 0 saturated heterocycles. The molecule has 0 amide bonds. The Hall–Kier alpha value is -1.13. The molecule has 1 rings (SSSR count). The molecular weight excluding hydrogens is 241 g/mol. The van der Waals surface area contributed by atoms with Crippen molar-refractivity contribution in [2.75, 3.05) is 7.05 Å². The smallest absolute Gasteiger partial charge is 0.142 e. The molecule has 1 aromatic rings. The highest BCUT2D eigenvalue weighted by molar-refractivity contribution is 6.31. The van der Waals surface area contributed by atoms with Crippen LogP contribution in [0.3, 0.4) is 0 Å². The second-order valence-electron chi connectivity index (χ2n) is 4.21. The first-order valence-electron chi connectivity index (χ1n) is 5.38. The van der Waals surface area contributed by atoms with Gasteiger partial charge in [0, 0.05) is 19.0 Å². The number of nitrogens with two attached hydrogens (primary N) is 1. The van der Waals surface area contributed by atoms with E-state index in [1.165, 1.54) is 6.07 Å². The monoisotopic (exact) mass is 257 g/mol. The number of rotatable bonds is 5. The molecule has 0 spiro atoms. The third-order valence-corrected chi connectivity index (χ3v) is 3.14. The van der Waals surface area contributed by atoms with Gasteiger partial charge in [-0.05, 0) is 25.6 Å². The van der Waals surface area contributed by atoms with Gasteiger partial charge in [0.1, 0.15) is 5.82 Å². The van der Waals surface area contributed by atoms with Gasteiger partial charge in [0.15, 0.2) is 0 Å². The molecule has 0 aliphatic carbocycles. The minimum Gasteiger partial charge on any atom is -0.388 e. The lowest BCUT2D eigenvalue weighted by Gasteiger charge is -2.24. The number of nitrogens with one attached hydrogen (secondary N) is 1. The zero-order valence-corrected chi connectivity index (χ0v) is 10.8. The van der Waals surface area contributed by atoms with Gasteiger partial charge in [0.2, 0.25) is 0 Å². The molecule has 94 valence electrons. The third kappa shape index (κ3) is 3.98. The molecule has 3 nitrogen and oxygen atoms in total. The van der Waals surface area contributed by atoms with Crippen molar-refractivity contribution in [1.82, 2.24) is 4.90 Å². The summed E-state index contributed by atoms with van der Waals surface area (Å²) in [5.41, 5.74) is 6.09. The first-order valence-corrected chi connectivity index (χ1v) is 5.75. The fourth-order valence-corrected chi connectivity index (χ4v) is 1.75. The topological polar surface area (TPSA) is 53.1 Å². The van der Waals surface area contributed by atoms with Crippen molar-refractivity contribution in [1.29, 1.82) is 5.41 Å². The Morgan fingerprint density at radius 2 is 2.24 bits per heavy atom. The SMILES string of the molecule is CC(CC(=N)N)N(C)Cc1cccc(F)c1Cl. The zero-order chi connectivity index (χ0) is 13.0. The van der Waals surface area contributed by atoms with Crippen LogP contribution in [0.15, 0.2) is 18.2 Å². The van der Waals surface area contributed by atoms with Gasteiger partial charge >= 0.3 is 0 Å². The van der Waals surface area contributed by atoms with E-state index in [0.717, 1.165) is 5.56 Å². The molecular formula is C12H17ClFN3. The van der Waals surface area contributed by atoms with Gasteiger partial charge in [-0.2, -0.15) is 0 Å². The van der Waals surface area contributed by atoms with Crippen LogP contribution in [0.1, 0.15) is 18.9 Å². The van der Waals surface area contributed by atoms with E-state index < -0.39 is 5.82 Å². The molecule has 0 aromatic heterocycles. The first-order chi connectivity index (χ1) is 7.91. The lowest BCUT2D eigenvalue weighted by atomic mass is 10.1. The minimum atomic E-state index is -0.406. The van der Waals surface area contributed by atoms with Gasteiger partial charge in [-0.1, -0.05) is 23.7 Å². The number of nitrogens with zero attached hydrogens (tertiary/aromatic N) is 1. The predicted octanol–water partition coefficient (Wildman–Crippen LogP) is 2.63. The van der Waals surface area contributed by atoms with E-state index in [-0.39, 0.29) is 16.9 Å². The highest BCUT2D eigenvalue weighted by Gasteiger charge is 2.13. The minimum absolute atomic E-state index is 0.117. The maximum atomic E-state index is 13.2. The molecule has 0 bridgehead atoms. The van der Waals surface area contributed by atoms with Crippen LogP contribution in [0.4, 0.5) is 4.39 Å². The maximum Gasteiger partial charge on any atom is 0.142 e. The number of hydrogen-bond donors (Lipinski definition) is 2. The van der Waals surface area contributed by atoms with Crippen molar-refractivity contribution in [3.63, 3.8) is 0 Å². The second-order valence-corrected chi connectivity index (χ2v) is 4.58. The normalized spacial score (nSPS) is 12.8. The van der Waals surface area contributed by atoms with Crippen LogP contribution in [0.2, 0.25) is 5.02 Å². The van der Waals surface area contributed by atoms with Gasteiger partial charge in [-0.15, -0.1) is 0 Å². The summed E-state index contributed by atoms with van der Waals surface area (Å²) in [7, 11) is 1.90. The largest absolute Gasteiger partial charge is 0.388 e. The molecule has 0 aliphatic heterocycles. The van der Waals surface area contributed by atoms with Gasteiger partial charge in [-0.25, -0.2) is 4.39 Å². The van der Waals surface area contributed by atoms with Crippen LogP contribution in [-0.4, -0.2) is 23.8 Å². The average Bonchev–Trinajstić information content (AvgIpc) is 2.23. The van der Waals surface area contributed by atoms with Gasteiger partial charge in [0.05, 0.1) is 10.9 Å². The summed E-state index contributed by atoms with van der Waals surface area (Å²) in [6, 6.07) is 4.89. The molecule has 0 heterocycles. The van der Waals surface area contributed by atoms with E-state index in [1.54, 1.807) is 12.1 Å². The Labute approximate surface area is 106 Å². The molecule has 1 unspecified atom stereocenters. The summed E-state index contributed by atoms with van der Waals surface area (Å²) in [6.07, 6.45) is 0.490. The van der Waals surface area contributed by atoms with Crippen LogP contribution < -0.4 is 5.73 Å². The fourth-order valence-electron chi connectivity index (χ4n) is 1.57. The summed E-state index contributed by atoms with van der Waals surface area (Å²) in [6.45, 7) is 2.50. The lowest BCUT2D eigenvalue weighted by Crippen LogP contribution is -2.32. The van der Waals surface area contributed by atoms with Crippen molar-refractivity contribution < 1.29 is 4.39 Å². The van der Waals surface area contributed by atoms with Gasteiger partial charge < -0.3 is 5.73 Å². The van der Waals surface area contributed by atoms with Crippen LogP contribution in [-0.2, 0) is 6.54 Å². The van der Waals surface area contributed by atoms with Crippen molar-refractivity contribution in [2.24, 2.45) is 5.73 Å². The van der Waals surface area contributed by atoms with Crippen LogP contribution in [0.5, 0.6) is 0 Å². The van der Waals surface area contributed by atoms with Crippen molar-refractivity contribution in [3.05, 3.63) is 34.6 Å². The second kappa shape index (κ2) is 5.98. The molecule has 0 saturated carbocycles. The number of hydrogen-bond acceptors (Lipinski definition) is 2. The molecule has 0 radical (unpaired) electrons. The number of amidine groups is 1. The summed E-state index contributed by atoms with van der Waals surface area (Å²) in [5, 5.41) is 7.40. The molecule has 17 heavy (non-hydrogen) atoms. The molecule has 1 aromatic carbocycles. The molecule has 5 heteroatoms. The lowest BCUT2D eigenvalue weighted by molar-refractivity contribution is 0.254. The van der Waals surface area contributed by atoms with E-state index in [0.29, 0.717) is 13.0 Å². The third-order valence-electron chi connectivity index (χ3n) is 2.72. The number of benzene rings is 1. The number of halogens is 2. The van der Waals surface area contributed by atoms with Crippen molar-refractivity contribution in [3.8, 4) is 0 Å². The molecule has 0 aliphatic rings. The van der Waals surface area contributed by atoms with Crippen LogP contribution in [0.25, 0.3) is 0 Å². The van der Waals surface area contributed by atoms with Crippen molar-refractivity contribution in [2.45, 2.75) is 25.9 Å². The Kier molecular flexibility index (Phi) is 4.90.